The van der Waals surface area contributed by atoms with Crippen LogP contribution in [-0.4, -0.2) is 5.91 Å². The number of carbonyl (C=O) groups excluding carboxylic acids is 1. The molecule has 0 bridgehead atoms. The molecule has 4 heteroatoms. The standard InChI is InChI=1S/C17H19BrN2O/c1-12-7-8-14(18)16(11-12)20-17(21)10-9-15(19)13-5-3-2-4-6-13/h2-8,11,15H,9-10,19H2,1H3,(H,20,21). The van der Waals surface area contributed by atoms with Crippen molar-refractivity contribution in [3.05, 3.63) is 64.1 Å². The second kappa shape index (κ2) is 7.38. The number of carbonyl (C=O) groups is 1. The molecule has 2 aromatic rings. The molecule has 110 valence electrons. The smallest absolute Gasteiger partial charge is 0.224 e. The van der Waals surface area contributed by atoms with Crippen molar-refractivity contribution < 1.29 is 4.79 Å². The van der Waals surface area contributed by atoms with Crippen LogP contribution in [0.1, 0.15) is 30.0 Å². The minimum absolute atomic E-state index is 0.0207. The van der Waals surface area contributed by atoms with E-state index < -0.39 is 0 Å². The predicted octanol–water partition coefficient (Wildman–Crippen LogP) is 4.18. The Morgan fingerprint density at radius 3 is 2.67 bits per heavy atom. The molecule has 0 saturated carbocycles. The molecule has 2 rings (SSSR count). The highest BCUT2D eigenvalue weighted by Crippen LogP contribution is 2.24. The molecular weight excluding hydrogens is 328 g/mol. The monoisotopic (exact) mass is 346 g/mol. The van der Waals surface area contributed by atoms with Crippen LogP contribution in [-0.2, 0) is 4.79 Å². The fourth-order valence-corrected chi connectivity index (χ4v) is 2.45. The van der Waals surface area contributed by atoms with E-state index in [0.29, 0.717) is 12.8 Å². The Morgan fingerprint density at radius 2 is 1.95 bits per heavy atom. The van der Waals surface area contributed by atoms with Gasteiger partial charge in [0.2, 0.25) is 5.91 Å². The molecule has 1 atom stereocenters. The van der Waals surface area contributed by atoms with Gasteiger partial charge in [0.05, 0.1) is 5.69 Å². The van der Waals surface area contributed by atoms with Crippen molar-refractivity contribution in [3.63, 3.8) is 0 Å². The van der Waals surface area contributed by atoms with Gasteiger partial charge in [0.15, 0.2) is 0 Å². The van der Waals surface area contributed by atoms with E-state index in [1.54, 1.807) is 0 Å². The number of amides is 1. The van der Waals surface area contributed by atoms with E-state index in [2.05, 4.69) is 21.2 Å². The van der Waals surface area contributed by atoms with Crippen molar-refractivity contribution >= 4 is 27.5 Å². The second-order valence-corrected chi connectivity index (χ2v) is 5.94. The molecule has 1 amide bonds. The van der Waals surface area contributed by atoms with Gasteiger partial charge in [-0.15, -0.1) is 0 Å². The Balaban J connectivity index is 1.89. The third-order valence-corrected chi connectivity index (χ3v) is 4.00. The average molecular weight is 347 g/mol. The molecule has 0 saturated heterocycles. The van der Waals surface area contributed by atoms with Crippen LogP contribution in [0.25, 0.3) is 0 Å². The first-order valence-electron chi connectivity index (χ1n) is 6.93. The van der Waals surface area contributed by atoms with Crippen molar-refractivity contribution in [2.24, 2.45) is 5.73 Å². The Morgan fingerprint density at radius 1 is 1.24 bits per heavy atom. The fraction of sp³-hybridized carbons (Fsp3) is 0.235. The number of hydrogen-bond acceptors (Lipinski definition) is 2. The predicted molar refractivity (Wildman–Crippen MR) is 90.1 cm³/mol. The van der Waals surface area contributed by atoms with E-state index in [1.807, 2.05) is 55.5 Å². The van der Waals surface area contributed by atoms with Crippen LogP contribution >= 0.6 is 15.9 Å². The van der Waals surface area contributed by atoms with Crippen molar-refractivity contribution in [2.75, 3.05) is 5.32 Å². The molecule has 21 heavy (non-hydrogen) atoms. The molecule has 3 N–H and O–H groups in total. The maximum Gasteiger partial charge on any atom is 0.224 e. The first kappa shape index (κ1) is 15.7. The summed E-state index contributed by atoms with van der Waals surface area (Å²) in [5.74, 6) is -0.0207. The molecule has 3 nitrogen and oxygen atoms in total. The molecule has 0 aliphatic heterocycles. The van der Waals surface area contributed by atoms with E-state index >= 15 is 0 Å². The molecule has 0 aromatic heterocycles. The fourth-order valence-electron chi connectivity index (χ4n) is 2.10. The molecule has 0 aliphatic carbocycles. The molecule has 2 aromatic carbocycles. The number of benzene rings is 2. The number of halogens is 1. The van der Waals surface area contributed by atoms with Crippen LogP contribution in [0, 0.1) is 6.92 Å². The van der Waals surface area contributed by atoms with Crippen LogP contribution in [0.2, 0.25) is 0 Å². The first-order chi connectivity index (χ1) is 10.1. The highest BCUT2D eigenvalue weighted by molar-refractivity contribution is 9.10. The maximum absolute atomic E-state index is 12.0. The minimum atomic E-state index is -0.113. The molecular formula is C17H19BrN2O. The number of nitrogens with two attached hydrogens (primary N) is 1. The van der Waals surface area contributed by atoms with Crippen LogP contribution in [0.4, 0.5) is 5.69 Å². The highest BCUT2D eigenvalue weighted by atomic mass is 79.9. The third-order valence-electron chi connectivity index (χ3n) is 3.31. The highest BCUT2D eigenvalue weighted by Gasteiger charge is 2.10. The topological polar surface area (TPSA) is 55.1 Å². The van der Waals surface area contributed by atoms with Crippen LogP contribution in [0.3, 0.4) is 0 Å². The van der Waals surface area contributed by atoms with Crippen molar-refractivity contribution in [3.8, 4) is 0 Å². The van der Waals surface area contributed by atoms with Gasteiger partial charge < -0.3 is 11.1 Å². The van der Waals surface area contributed by atoms with Crippen molar-refractivity contribution in [2.45, 2.75) is 25.8 Å². The van der Waals surface area contributed by atoms with Crippen molar-refractivity contribution in [1.29, 1.82) is 0 Å². The summed E-state index contributed by atoms with van der Waals surface area (Å²) in [5, 5.41) is 2.92. The summed E-state index contributed by atoms with van der Waals surface area (Å²) in [6, 6.07) is 15.6. The van der Waals surface area contributed by atoms with Gasteiger partial charge in [-0.2, -0.15) is 0 Å². The Labute approximate surface area is 133 Å². The van der Waals surface area contributed by atoms with Crippen LogP contribution in [0.15, 0.2) is 53.0 Å². The van der Waals surface area contributed by atoms with Gasteiger partial charge >= 0.3 is 0 Å². The van der Waals surface area contributed by atoms with Gasteiger partial charge in [-0.3, -0.25) is 4.79 Å². The van der Waals surface area contributed by atoms with Gasteiger partial charge in [-0.25, -0.2) is 0 Å². The number of hydrogen-bond donors (Lipinski definition) is 2. The van der Waals surface area contributed by atoms with Gasteiger partial charge in [-0.1, -0.05) is 36.4 Å². The molecule has 1 unspecified atom stereocenters. The van der Waals surface area contributed by atoms with E-state index in [1.165, 1.54) is 0 Å². The third kappa shape index (κ3) is 4.69. The maximum atomic E-state index is 12.0. The summed E-state index contributed by atoms with van der Waals surface area (Å²) < 4.78 is 0.883. The van der Waals surface area contributed by atoms with E-state index in [9.17, 15) is 4.79 Å². The number of aryl methyl sites for hydroxylation is 1. The first-order valence-corrected chi connectivity index (χ1v) is 7.72. The molecule has 0 heterocycles. The van der Waals surface area contributed by atoms with Gasteiger partial charge in [0.1, 0.15) is 0 Å². The van der Waals surface area contributed by atoms with E-state index in [-0.39, 0.29) is 11.9 Å². The molecule has 0 radical (unpaired) electrons. The van der Waals surface area contributed by atoms with Crippen LogP contribution < -0.4 is 11.1 Å². The lowest BCUT2D eigenvalue weighted by Gasteiger charge is -2.12. The normalized spacial score (nSPS) is 12.0. The molecule has 0 spiro atoms. The Hall–Kier alpha value is -1.65. The minimum Gasteiger partial charge on any atom is -0.325 e. The lowest BCUT2D eigenvalue weighted by molar-refractivity contribution is -0.116. The lowest BCUT2D eigenvalue weighted by Crippen LogP contribution is -2.16. The average Bonchev–Trinajstić information content (AvgIpc) is 2.49. The van der Waals surface area contributed by atoms with Gasteiger partial charge in [-0.05, 0) is 52.5 Å². The van der Waals surface area contributed by atoms with Crippen LogP contribution in [0.5, 0.6) is 0 Å². The molecule has 0 aliphatic rings. The SMILES string of the molecule is Cc1ccc(Br)c(NC(=O)CCC(N)c2ccccc2)c1. The Bertz CT molecular complexity index is 613. The number of rotatable bonds is 5. The largest absolute Gasteiger partial charge is 0.325 e. The summed E-state index contributed by atoms with van der Waals surface area (Å²) in [5.41, 5.74) is 9.06. The molecule has 0 fully saturated rings. The summed E-state index contributed by atoms with van der Waals surface area (Å²) >= 11 is 3.44. The van der Waals surface area contributed by atoms with Gasteiger partial charge in [0.25, 0.3) is 0 Å². The zero-order chi connectivity index (χ0) is 15.2. The number of anilines is 1. The van der Waals surface area contributed by atoms with Gasteiger partial charge in [0, 0.05) is 16.9 Å². The zero-order valence-corrected chi connectivity index (χ0v) is 13.6. The second-order valence-electron chi connectivity index (χ2n) is 5.09. The summed E-state index contributed by atoms with van der Waals surface area (Å²) in [7, 11) is 0. The Kier molecular flexibility index (Phi) is 5.53. The summed E-state index contributed by atoms with van der Waals surface area (Å²) in [4.78, 5) is 12.0. The summed E-state index contributed by atoms with van der Waals surface area (Å²) in [6.07, 6.45) is 1.02. The quantitative estimate of drug-likeness (QED) is 0.853. The van der Waals surface area contributed by atoms with E-state index in [4.69, 9.17) is 5.73 Å². The lowest BCUT2D eigenvalue weighted by atomic mass is 10.0. The zero-order valence-electron chi connectivity index (χ0n) is 12.0. The van der Waals surface area contributed by atoms with E-state index in [0.717, 1.165) is 21.3 Å². The summed E-state index contributed by atoms with van der Waals surface area (Å²) in [6.45, 7) is 1.99. The number of nitrogens with one attached hydrogen (secondary N) is 1. The van der Waals surface area contributed by atoms with Crippen molar-refractivity contribution in [1.82, 2.24) is 0 Å².